The number of nitrogens with zero attached hydrogens (tertiary/aromatic N) is 2. The Morgan fingerprint density at radius 2 is 1.71 bits per heavy atom. The lowest BCUT2D eigenvalue weighted by atomic mass is 10.2. The molecule has 0 radical (unpaired) electrons. The fraction of sp³-hybridized carbons (Fsp3) is 0.368. The molecule has 0 atom stereocenters. The average Bonchev–Trinajstić information content (AvgIpc) is 2.69. The topological polar surface area (TPSA) is 61.9 Å². The van der Waals surface area contributed by atoms with Gasteiger partial charge in [0.15, 0.2) is 0 Å². The van der Waals surface area contributed by atoms with Crippen LogP contribution in [0.15, 0.2) is 47.4 Å². The SMILES string of the molecule is COc1ccc(S(=O)(=O)NCCN2CCN(c3ccc(Cl)cc3)CC2)cc1Cl. The Morgan fingerprint density at radius 3 is 2.32 bits per heavy atom. The zero-order valence-corrected chi connectivity index (χ0v) is 17.9. The van der Waals surface area contributed by atoms with Gasteiger partial charge in [0.2, 0.25) is 10.0 Å². The molecule has 1 aliphatic rings. The lowest BCUT2D eigenvalue weighted by Gasteiger charge is -2.36. The first kappa shape index (κ1) is 21.2. The average molecular weight is 444 g/mol. The molecule has 152 valence electrons. The van der Waals surface area contributed by atoms with E-state index in [9.17, 15) is 8.42 Å². The van der Waals surface area contributed by atoms with Gasteiger partial charge in [-0.15, -0.1) is 0 Å². The van der Waals surface area contributed by atoms with Gasteiger partial charge < -0.3 is 9.64 Å². The number of hydrogen-bond acceptors (Lipinski definition) is 5. The second-order valence-corrected chi connectivity index (χ2v) is 9.11. The largest absolute Gasteiger partial charge is 0.495 e. The molecule has 1 aliphatic heterocycles. The Bertz CT molecular complexity index is 899. The summed E-state index contributed by atoms with van der Waals surface area (Å²) in [5, 5.41) is 0.997. The maximum atomic E-state index is 12.4. The van der Waals surface area contributed by atoms with Crippen LogP contribution in [0, 0.1) is 0 Å². The van der Waals surface area contributed by atoms with E-state index in [0.717, 1.165) is 36.9 Å². The minimum atomic E-state index is -3.61. The molecule has 0 amide bonds. The summed E-state index contributed by atoms with van der Waals surface area (Å²) in [6, 6.07) is 12.3. The van der Waals surface area contributed by atoms with Crippen molar-refractivity contribution >= 4 is 38.9 Å². The van der Waals surface area contributed by atoms with E-state index in [-0.39, 0.29) is 9.92 Å². The fourth-order valence-electron chi connectivity index (χ4n) is 3.12. The van der Waals surface area contributed by atoms with E-state index in [4.69, 9.17) is 27.9 Å². The van der Waals surface area contributed by atoms with Crippen molar-refractivity contribution < 1.29 is 13.2 Å². The predicted octanol–water partition coefficient (Wildman–Crippen LogP) is 3.10. The number of anilines is 1. The maximum Gasteiger partial charge on any atom is 0.240 e. The van der Waals surface area contributed by atoms with E-state index in [1.165, 1.54) is 19.2 Å². The summed E-state index contributed by atoms with van der Waals surface area (Å²) in [7, 11) is -2.12. The molecule has 28 heavy (non-hydrogen) atoms. The molecule has 6 nitrogen and oxygen atoms in total. The van der Waals surface area contributed by atoms with Crippen LogP contribution in [0.4, 0.5) is 5.69 Å². The number of nitrogens with one attached hydrogen (secondary N) is 1. The monoisotopic (exact) mass is 443 g/mol. The molecule has 0 aromatic heterocycles. The molecular formula is C19H23Cl2N3O3S. The van der Waals surface area contributed by atoms with Crippen LogP contribution in [0.2, 0.25) is 10.0 Å². The van der Waals surface area contributed by atoms with E-state index in [1.807, 2.05) is 24.3 Å². The number of piperazine rings is 1. The molecular weight excluding hydrogens is 421 g/mol. The van der Waals surface area contributed by atoms with Gasteiger partial charge in [0.25, 0.3) is 0 Å². The summed E-state index contributed by atoms with van der Waals surface area (Å²) in [4.78, 5) is 4.68. The Kier molecular flexibility index (Phi) is 7.06. The smallest absolute Gasteiger partial charge is 0.240 e. The summed E-state index contributed by atoms with van der Waals surface area (Å²) in [6.45, 7) is 4.52. The molecule has 0 aliphatic carbocycles. The van der Waals surface area contributed by atoms with Crippen LogP contribution >= 0.6 is 23.2 Å². The van der Waals surface area contributed by atoms with Crippen molar-refractivity contribution in [2.45, 2.75) is 4.90 Å². The van der Waals surface area contributed by atoms with Gasteiger partial charge in [0, 0.05) is 50.0 Å². The molecule has 2 aromatic carbocycles. The Morgan fingerprint density at radius 1 is 1.04 bits per heavy atom. The van der Waals surface area contributed by atoms with Crippen LogP contribution in [0.5, 0.6) is 5.75 Å². The standard InChI is InChI=1S/C19H23Cl2N3O3S/c1-27-19-7-6-17(14-18(19)21)28(25,26)22-8-9-23-10-12-24(13-11-23)16-4-2-15(20)3-5-16/h2-7,14,22H,8-13H2,1H3. The Hall–Kier alpha value is -1.51. The second kappa shape index (κ2) is 9.33. The highest BCUT2D eigenvalue weighted by Gasteiger charge is 2.19. The van der Waals surface area contributed by atoms with Crippen molar-refractivity contribution in [1.29, 1.82) is 0 Å². The van der Waals surface area contributed by atoms with Gasteiger partial charge in [-0.05, 0) is 42.5 Å². The Balaban J connectivity index is 1.47. The van der Waals surface area contributed by atoms with Crippen molar-refractivity contribution in [3.8, 4) is 5.75 Å². The Labute approximate surface area is 176 Å². The second-order valence-electron chi connectivity index (χ2n) is 6.50. The number of hydrogen-bond donors (Lipinski definition) is 1. The van der Waals surface area contributed by atoms with E-state index in [0.29, 0.717) is 18.8 Å². The van der Waals surface area contributed by atoms with E-state index in [2.05, 4.69) is 14.5 Å². The highest BCUT2D eigenvalue weighted by molar-refractivity contribution is 7.89. The number of sulfonamides is 1. The van der Waals surface area contributed by atoms with Crippen molar-refractivity contribution in [1.82, 2.24) is 9.62 Å². The van der Waals surface area contributed by atoms with Gasteiger partial charge in [-0.3, -0.25) is 4.90 Å². The zero-order chi connectivity index (χ0) is 20.1. The van der Waals surface area contributed by atoms with Crippen LogP contribution in [-0.2, 0) is 10.0 Å². The summed E-state index contributed by atoms with van der Waals surface area (Å²) >= 11 is 12.0. The maximum absolute atomic E-state index is 12.4. The molecule has 0 saturated carbocycles. The normalized spacial score (nSPS) is 15.6. The number of halogens is 2. The molecule has 0 bridgehead atoms. The highest BCUT2D eigenvalue weighted by atomic mass is 35.5. The highest BCUT2D eigenvalue weighted by Crippen LogP contribution is 2.26. The number of rotatable bonds is 7. The summed E-state index contributed by atoms with van der Waals surface area (Å²) in [5.74, 6) is 0.444. The van der Waals surface area contributed by atoms with Gasteiger partial charge in [0.05, 0.1) is 17.0 Å². The van der Waals surface area contributed by atoms with Crippen LogP contribution in [0.3, 0.4) is 0 Å². The third-order valence-electron chi connectivity index (χ3n) is 4.72. The fourth-order valence-corrected chi connectivity index (χ4v) is 4.61. The van der Waals surface area contributed by atoms with Crippen LogP contribution in [0.25, 0.3) is 0 Å². The molecule has 3 rings (SSSR count). The molecule has 1 heterocycles. The molecule has 1 saturated heterocycles. The molecule has 1 fully saturated rings. The first-order valence-corrected chi connectivity index (χ1v) is 11.2. The van der Waals surface area contributed by atoms with Crippen LogP contribution in [0.1, 0.15) is 0 Å². The minimum Gasteiger partial charge on any atom is -0.495 e. The van der Waals surface area contributed by atoms with Gasteiger partial charge >= 0.3 is 0 Å². The van der Waals surface area contributed by atoms with Crippen molar-refractivity contribution in [2.75, 3.05) is 51.3 Å². The molecule has 9 heteroatoms. The third kappa shape index (κ3) is 5.30. The van der Waals surface area contributed by atoms with Gasteiger partial charge in [0.1, 0.15) is 5.75 Å². The molecule has 0 unspecified atom stereocenters. The van der Waals surface area contributed by atoms with Crippen molar-refractivity contribution in [3.05, 3.63) is 52.5 Å². The number of methoxy groups -OCH3 is 1. The van der Waals surface area contributed by atoms with Crippen LogP contribution in [-0.4, -0.2) is 59.7 Å². The van der Waals surface area contributed by atoms with Crippen molar-refractivity contribution in [3.63, 3.8) is 0 Å². The third-order valence-corrected chi connectivity index (χ3v) is 6.72. The minimum absolute atomic E-state index is 0.130. The predicted molar refractivity (Wildman–Crippen MR) is 113 cm³/mol. The van der Waals surface area contributed by atoms with Crippen LogP contribution < -0.4 is 14.4 Å². The van der Waals surface area contributed by atoms with Gasteiger partial charge in [-0.1, -0.05) is 23.2 Å². The van der Waals surface area contributed by atoms with E-state index in [1.54, 1.807) is 6.07 Å². The first-order valence-electron chi connectivity index (χ1n) is 8.95. The number of ether oxygens (including phenoxy) is 1. The van der Waals surface area contributed by atoms with Gasteiger partial charge in [-0.2, -0.15) is 0 Å². The van der Waals surface area contributed by atoms with E-state index >= 15 is 0 Å². The quantitative estimate of drug-likeness (QED) is 0.711. The van der Waals surface area contributed by atoms with E-state index < -0.39 is 10.0 Å². The summed E-state index contributed by atoms with van der Waals surface area (Å²) in [5.41, 5.74) is 1.15. The summed E-state index contributed by atoms with van der Waals surface area (Å²) < 4.78 is 32.6. The summed E-state index contributed by atoms with van der Waals surface area (Å²) in [6.07, 6.45) is 0. The zero-order valence-electron chi connectivity index (χ0n) is 15.6. The lowest BCUT2D eigenvalue weighted by Crippen LogP contribution is -2.48. The molecule has 0 spiro atoms. The lowest BCUT2D eigenvalue weighted by molar-refractivity contribution is 0.262. The molecule has 2 aromatic rings. The van der Waals surface area contributed by atoms with Gasteiger partial charge in [-0.25, -0.2) is 13.1 Å². The molecule has 1 N–H and O–H groups in total. The first-order chi connectivity index (χ1) is 13.4. The van der Waals surface area contributed by atoms with Crippen molar-refractivity contribution in [2.24, 2.45) is 0 Å². The number of benzene rings is 2.